The summed E-state index contributed by atoms with van der Waals surface area (Å²) in [6.07, 6.45) is 0. The summed E-state index contributed by atoms with van der Waals surface area (Å²) in [5.74, 6) is 0.880. The minimum atomic E-state index is -0.00122. The summed E-state index contributed by atoms with van der Waals surface area (Å²) in [6.45, 7) is 3.66. The molecule has 3 N–H and O–H groups in total. The van der Waals surface area contributed by atoms with Crippen LogP contribution in [0.3, 0.4) is 0 Å². The van der Waals surface area contributed by atoms with E-state index in [2.05, 4.69) is 38.8 Å². The Kier molecular flexibility index (Phi) is 4.68. The van der Waals surface area contributed by atoms with Crippen molar-refractivity contribution in [1.29, 1.82) is 0 Å². The number of nitrogens with one attached hydrogen (secondary N) is 3. The molecule has 3 aromatic rings. The molecule has 2 aromatic carbocycles. The zero-order valence-corrected chi connectivity index (χ0v) is 13.1. The van der Waals surface area contributed by atoms with Crippen molar-refractivity contribution in [3.05, 3.63) is 54.1 Å². The monoisotopic (exact) mass is 308 g/mol. The number of amides is 1. The highest BCUT2D eigenvalue weighted by Crippen LogP contribution is 2.21. The van der Waals surface area contributed by atoms with E-state index in [4.69, 9.17) is 0 Å². The number of rotatable bonds is 6. The summed E-state index contributed by atoms with van der Waals surface area (Å²) in [7, 11) is 0. The highest BCUT2D eigenvalue weighted by Gasteiger charge is 2.05. The third-order valence-corrected chi connectivity index (χ3v) is 3.59. The lowest BCUT2D eigenvalue weighted by atomic mass is 10.1. The topological polar surface area (TPSA) is 69.8 Å². The molecule has 1 amide bonds. The number of carbonyl (C=O) groups excluding carboxylic acids is 1. The Labute approximate surface area is 135 Å². The SMILES string of the molecule is CC(=O)NCCNCc1cccc(-c2nc3ccccc3[nH]2)c1. The van der Waals surface area contributed by atoms with Gasteiger partial charge in [0.1, 0.15) is 5.82 Å². The van der Waals surface area contributed by atoms with Crippen LogP contribution in [0.25, 0.3) is 22.4 Å². The van der Waals surface area contributed by atoms with E-state index in [1.54, 1.807) is 0 Å². The molecule has 0 saturated carbocycles. The van der Waals surface area contributed by atoms with E-state index in [1.807, 2.05) is 30.3 Å². The zero-order chi connectivity index (χ0) is 16.1. The van der Waals surface area contributed by atoms with Crippen LogP contribution < -0.4 is 10.6 Å². The molecule has 0 aliphatic carbocycles. The fourth-order valence-corrected chi connectivity index (χ4v) is 2.48. The molecule has 0 saturated heterocycles. The summed E-state index contributed by atoms with van der Waals surface area (Å²) in [4.78, 5) is 18.8. The van der Waals surface area contributed by atoms with Gasteiger partial charge in [-0.1, -0.05) is 30.3 Å². The smallest absolute Gasteiger partial charge is 0.216 e. The summed E-state index contributed by atoms with van der Waals surface area (Å²) >= 11 is 0. The number of H-pyrrole nitrogens is 1. The van der Waals surface area contributed by atoms with Gasteiger partial charge in [-0.2, -0.15) is 0 Å². The zero-order valence-electron chi connectivity index (χ0n) is 13.1. The molecular weight excluding hydrogens is 288 g/mol. The second-order valence-electron chi connectivity index (χ2n) is 5.46. The Morgan fingerprint density at radius 1 is 1.13 bits per heavy atom. The van der Waals surface area contributed by atoms with Crippen molar-refractivity contribution in [3.63, 3.8) is 0 Å². The molecule has 5 heteroatoms. The van der Waals surface area contributed by atoms with E-state index in [-0.39, 0.29) is 5.91 Å². The Balaban J connectivity index is 1.66. The third-order valence-electron chi connectivity index (χ3n) is 3.59. The van der Waals surface area contributed by atoms with E-state index < -0.39 is 0 Å². The van der Waals surface area contributed by atoms with Gasteiger partial charge in [0.15, 0.2) is 0 Å². The number of hydrogen-bond donors (Lipinski definition) is 3. The van der Waals surface area contributed by atoms with Gasteiger partial charge in [-0.15, -0.1) is 0 Å². The molecule has 0 unspecified atom stereocenters. The third kappa shape index (κ3) is 3.96. The maximum atomic E-state index is 10.8. The number of para-hydroxylation sites is 2. The molecule has 23 heavy (non-hydrogen) atoms. The number of carbonyl (C=O) groups is 1. The van der Waals surface area contributed by atoms with Crippen molar-refractivity contribution in [2.24, 2.45) is 0 Å². The van der Waals surface area contributed by atoms with Crippen LogP contribution in [0.15, 0.2) is 48.5 Å². The first-order valence-corrected chi connectivity index (χ1v) is 7.71. The molecule has 0 bridgehead atoms. The lowest BCUT2D eigenvalue weighted by molar-refractivity contribution is -0.118. The maximum absolute atomic E-state index is 10.8. The fourth-order valence-electron chi connectivity index (χ4n) is 2.48. The van der Waals surface area contributed by atoms with Crippen molar-refractivity contribution < 1.29 is 4.79 Å². The number of hydrogen-bond acceptors (Lipinski definition) is 3. The van der Waals surface area contributed by atoms with Crippen molar-refractivity contribution in [3.8, 4) is 11.4 Å². The van der Waals surface area contributed by atoms with Gasteiger partial charge in [0.2, 0.25) is 5.91 Å². The predicted octanol–water partition coefficient (Wildman–Crippen LogP) is 2.46. The molecule has 5 nitrogen and oxygen atoms in total. The van der Waals surface area contributed by atoms with Crippen LogP contribution in [-0.2, 0) is 11.3 Å². The molecule has 118 valence electrons. The summed E-state index contributed by atoms with van der Waals surface area (Å²) in [5.41, 5.74) is 4.27. The molecule has 0 spiro atoms. The molecular formula is C18H20N4O. The first-order chi connectivity index (χ1) is 11.2. The minimum Gasteiger partial charge on any atom is -0.355 e. The summed E-state index contributed by atoms with van der Waals surface area (Å²) in [6, 6.07) is 16.3. The summed E-state index contributed by atoms with van der Waals surface area (Å²) in [5, 5.41) is 6.08. The van der Waals surface area contributed by atoms with E-state index in [0.29, 0.717) is 6.54 Å². The Hall–Kier alpha value is -2.66. The van der Waals surface area contributed by atoms with E-state index in [0.717, 1.165) is 35.5 Å². The van der Waals surface area contributed by atoms with Gasteiger partial charge < -0.3 is 15.6 Å². The molecule has 0 aliphatic heterocycles. The van der Waals surface area contributed by atoms with Crippen LogP contribution in [0.1, 0.15) is 12.5 Å². The molecule has 0 atom stereocenters. The van der Waals surface area contributed by atoms with Gasteiger partial charge >= 0.3 is 0 Å². The van der Waals surface area contributed by atoms with Gasteiger partial charge in [-0.05, 0) is 23.8 Å². The molecule has 3 rings (SSSR count). The van der Waals surface area contributed by atoms with E-state index >= 15 is 0 Å². The van der Waals surface area contributed by atoms with Crippen LogP contribution in [0.4, 0.5) is 0 Å². The van der Waals surface area contributed by atoms with E-state index in [9.17, 15) is 4.79 Å². The lowest BCUT2D eigenvalue weighted by Gasteiger charge is -2.06. The number of aromatic nitrogens is 2. The fraction of sp³-hybridized carbons (Fsp3) is 0.222. The van der Waals surface area contributed by atoms with Crippen molar-refractivity contribution in [2.45, 2.75) is 13.5 Å². The number of aromatic amines is 1. The Bertz CT molecular complexity index is 776. The molecule has 1 heterocycles. The number of benzene rings is 2. The van der Waals surface area contributed by atoms with Gasteiger partial charge in [-0.3, -0.25) is 4.79 Å². The first kappa shape index (κ1) is 15.2. The van der Waals surface area contributed by atoms with Gasteiger partial charge in [0.25, 0.3) is 0 Å². The van der Waals surface area contributed by atoms with Crippen molar-refractivity contribution in [2.75, 3.05) is 13.1 Å². The normalized spacial score (nSPS) is 10.8. The molecule has 0 fully saturated rings. The average molecular weight is 308 g/mol. The second-order valence-corrected chi connectivity index (χ2v) is 5.46. The van der Waals surface area contributed by atoms with Crippen LogP contribution in [0.2, 0.25) is 0 Å². The van der Waals surface area contributed by atoms with Crippen molar-refractivity contribution >= 4 is 16.9 Å². The predicted molar refractivity (Wildman–Crippen MR) is 91.9 cm³/mol. The largest absolute Gasteiger partial charge is 0.355 e. The molecule has 0 radical (unpaired) electrons. The second kappa shape index (κ2) is 7.07. The van der Waals surface area contributed by atoms with E-state index in [1.165, 1.54) is 12.5 Å². The standard InChI is InChI=1S/C18H20N4O/c1-13(23)20-10-9-19-12-14-5-4-6-15(11-14)18-21-16-7-2-3-8-17(16)22-18/h2-8,11,19H,9-10,12H2,1H3,(H,20,23)(H,21,22). The van der Waals surface area contributed by atoms with Crippen molar-refractivity contribution in [1.82, 2.24) is 20.6 Å². The van der Waals surface area contributed by atoms with Crippen LogP contribution in [-0.4, -0.2) is 29.0 Å². The average Bonchev–Trinajstić information content (AvgIpc) is 2.99. The lowest BCUT2D eigenvalue weighted by Crippen LogP contribution is -2.29. The quantitative estimate of drug-likeness (QED) is 0.613. The van der Waals surface area contributed by atoms with Gasteiger partial charge in [0.05, 0.1) is 11.0 Å². The summed E-state index contributed by atoms with van der Waals surface area (Å²) < 4.78 is 0. The molecule has 0 aliphatic rings. The van der Waals surface area contributed by atoms with Crippen LogP contribution in [0, 0.1) is 0 Å². The Morgan fingerprint density at radius 2 is 2.00 bits per heavy atom. The number of fused-ring (bicyclic) bond motifs is 1. The highest BCUT2D eigenvalue weighted by molar-refractivity contribution is 5.79. The maximum Gasteiger partial charge on any atom is 0.216 e. The first-order valence-electron chi connectivity index (χ1n) is 7.71. The number of imidazole rings is 1. The van der Waals surface area contributed by atoms with Gasteiger partial charge in [-0.25, -0.2) is 4.98 Å². The minimum absolute atomic E-state index is 0.00122. The molecule has 1 aromatic heterocycles. The Morgan fingerprint density at radius 3 is 2.83 bits per heavy atom. The van der Waals surface area contributed by atoms with Crippen LogP contribution in [0.5, 0.6) is 0 Å². The van der Waals surface area contributed by atoms with Gasteiger partial charge in [0, 0.05) is 32.1 Å². The highest BCUT2D eigenvalue weighted by atomic mass is 16.1. The number of nitrogens with zero attached hydrogens (tertiary/aromatic N) is 1. The van der Waals surface area contributed by atoms with Crippen LogP contribution >= 0.6 is 0 Å².